The first-order valence-corrected chi connectivity index (χ1v) is 13.4. The van der Waals surface area contributed by atoms with Gasteiger partial charge in [-0.3, -0.25) is 4.90 Å². The third-order valence-corrected chi connectivity index (χ3v) is 8.77. The Kier molecular flexibility index (Phi) is 8.91. The van der Waals surface area contributed by atoms with E-state index in [1.807, 2.05) is 0 Å². The number of hydrogen-bond donors (Lipinski definition) is 3. The number of rotatable bonds is 13. The molecule has 3 N–H and O–H groups in total. The van der Waals surface area contributed by atoms with Crippen molar-refractivity contribution in [1.82, 2.24) is 4.90 Å². The number of unbranched alkanes of at least 4 members (excludes halogenated alkanes) is 3. The number of aliphatic hydroxyl groups excluding tert-OH is 3. The highest BCUT2D eigenvalue weighted by molar-refractivity contribution is 5.01. The molecule has 4 atom stereocenters. The van der Waals surface area contributed by atoms with Crippen LogP contribution < -0.4 is 0 Å². The van der Waals surface area contributed by atoms with E-state index in [2.05, 4.69) is 11.8 Å². The monoisotopic (exact) mass is 453 g/mol. The second-order valence-electron chi connectivity index (χ2n) is 11.6. The van der Waals surface area contributed by atoms with Gasteiger partial charge in [0.25, 0.3) is 0 Å². The van der Waals surface area contributed by atoms with Gasteiger partial charge in [-0.25, -0.2) is 0 Å². The van der Waals surface area contributed by atoms with Crippen LogP contribution in [0.25, 0.3) is 0 Å². The predicted octanol–water partition coefficient (Wildman–Crippen LogP) is 2.97. The van der Waals surface area contributed by atoms with Gasteiger partial charge in [0.05, 0.1) is 25.4 Å². The molecule has 1 saturated heterocycles. The van der Waals surface area contributed by atoms with Gasteiger partial charge in [-0.15, -0.1) is 0 Å². The lowest BCUT2D eigenvalue weighted by molar-refractivity contribution is -0.149. The molecule has 0 aromatic rings. The standard InChI is InChI=1S/C26H47NO5/c1-2-3-7-27-16-23(28)25(30)24(29)22(27)17-31-8-5-4-6-9-32-18-26-13-19-10-20(14-26)12-21(11-19)15-26/h19-25,28-30H,2-18H2,1H3/t19?,20?,21?,22-,23+,24-,25-,26?/m1/s1. The molecule has 4 saturated carbocycles. The maximum atomic E-state index is 10.4. The quantitative estimate of drug-likeness (QED) is 0.372. The summed E-state index contributed by atoms with van der Waals surface area (Å²) >= 11 is 0. The molecular formula is C26H47NO5. The molecule has 4 aliphatic carbocycles. The summed E-state index contributed by atoms with van der Waals surface area (Å²) in [6.45, 7) is 6.24. The van der Waals surface area contributed by atoms with Crippen molar-refractivity contribution in [3.63, 3.8) is 0 Å². The van der Waals surface area contributed by atoms with Crippen molar-refractivity contribution >= 4 is 0 Å². The van der Waals surface area contributed by atoms with Crippen LogP contribution in [0.5, 0.6) is 0 Å². The second-order valence-corrected chi connectivity index (χ2v) is 11.6. The molecule has 0 aromatic heterocycles. The highest BCUT2D eigenvalue weighted by atomic mass is 16.5. The van der Waals surface area contributed by atoms with Crippen molar-refractivity contribution < 1.29 is 24.8 Å². The zero-order chi connectivity index (χ0) is 22.6. The average molecular weight is 454 g/mol. The summed E-state index contributed by atoms with van der Waals surface area (Å²) in [7, 11) is 0. The Morgan fingerprint density at radius 1 is 0.812 bits per heavy atom. The molecule has 0 aromatic carbocycles. The fourth-order valence-corrected chi connectivity index (χ4v) is 7.52. The van der Waals surface area contributed by atoms with Crippen molar-refractivity contribution in [2.24, 2.45) is 23.2 Å². The molecule has 0 amide bonds. The van der Waals surface area contributed by atoms with Crippen LogP contribution >= 0.6 is 0 Å². The van der Waals surface area contributed by atoms with Crippen LogP contribution in [0.3, 0.4) is 0 Å². The Morgan fingerprint density at radius 2 is 1.44 bits per heavy atom. The van der Waals surface area contributed by atoms with Crippen LogP contribution in [0, 0.1) is 23.2 Å². The molecule has 0 spiro atoms. The van der Waals surface area contributed by atoms with Crippen molar-refractivity contribution in [1.29, 1.82) is 0 Å². The number of piperidine rings is 1. The van der Waals surface area contributed by atoms with Crippen molar-refractivity contribution in [3.05, 3.63) is 0 Å². The summed E-state index contributed by atoms with van der Waals surface area (Å²) in [5, 5.41) is 30.5. The molecule has 4 bridgehead atoms. The third-order valence-electron chi connectivity index (χ3n) is 8.77. The highest BCUT2D eigenvalue weighted by Crippen LogP contribution is 2.60. The molecule has 5 fully saturated rings. The Bertz CT molecular complexity index is 537. The molecular weight excluding hydrogens is 406 g/mol. The Hall–Kier alpha value is -0.240. The molecule has 5 rings (SSSR count). The summed E-state index contributed by atoms with van der Waals surface area (Å²) in [5.74, 6) is 2.98. The highest BCUT2D eigenvalue weighted by Gasteiger charge is 2.50. The van der Waals surface area contributed by atoms with Gasteiger partial charge in [-0.2, -0.15) is 0 Å². The third kappa shape index (κ3) is 6.05. The number of aliphatic hydroxyl groups is 3. The summed E-state index contributed by atoms with van der Waals surface area (Å²) in [4.78, 5) is 2.07. The zero-order valence-corrected chi connectivity index (χ0v) is 20.2. The Balaban J connectivity index is 1.06. The van der Waals surface area contributed by atoms with Gasteiger partial charge in [-0.05, 0) is 93.9 Å². The molecule has 5 aliphatic rings. The molecule has 0 unspecified atom stereocenters. The van der Waals surface area contributed by atoms with Gasteiger partial charge in [0.2, 0.25) is 0 Å². The summed E-state index contributed by atoms with van der Waals surface area (Å²) in [6, 6.07) is -0.247. The van der Waals surface area contributed by atoms with Crippen LogP contribution in [-0.4, -0.2) is 84.1 Å². The molecule has 6 nitrogen and oxygen atoms in total. The normalized spacial score (nSPS) is 41.4. The van der Waals surface area contributed by atoms with Crippen LogP contribution in [0.4, 0.5) is 0 Å². The molecule has 1 heterocycles. The minimum absolute atomic E-state index is 0.247. The maximum Gasteiger partial charge on any atom is 0.109 e. The maximum absolute atomic E-state index is 10.4. The lowest BCUT2D eigenvalue weighted by atomic mass is 9.50. The van der Waals surface area contributed by atoms with Crippen LogP contribution in [0.2, 0.25) is 0 Å². The van der Waals surface area contributed by atoms with E-state index in [9.17, 15) is 15.3 Å². The zero-order valence-electron chi connectivity index (χ0n) is 20.2. The van der Waals surface area contributed by atoms with E-state index in [4.69, 9.17) is 9.47 Å². The predicted molar refractivity (Wildman–Crippen MR) is 124 cm³/mol. The topological polar surface area (TPSA) is 82.4 Å². The summed E-state index contributed by atoms with van der Waals surface area (Å²) < 4.78 is 12.0. The first-order valence-electron chi connectivity index (χ1n) is 13.4. The fourth-order valence-electron chi connectivity index (χ4n) is 7.52. The van der Waals surface area contributed by atoms with E-state index in [-0.39, 0.29) is 6.04 Å². The van der Waals surface area contributed by atoms with E-state index >= 15 is 0 Å². The van der Waals surface area contributed by atoms with E-state index in [0.717, 1.165) is 69.6 Å². The Morgan fingerprint density at radius 3 is 2.06 bits per heavy atom. The minimum Gasteiger partial charge on any atom is -0.389 e. The number of likely N-dealkylation sites (tertiary alicyclic amines) is 1. The number of hydrogen-bond acceptors (Lipinski definition) is 6. The van der Waals surface area contributed by atoms with Gasteiger partial charge < -0.3 is 24.8 Å². The van der Waals surface area contributed by atoms with Crippen LogP contribution in [0.1, 0.15) is 77.6 Å². The summed E-state index contributed by atoms with van der Waals surface area (Å²) in [6.07, 6.45) is 11.0. The first-order chi connectivity index (χ1) is 15.5. The van der Waals surface area contributed by atoms with E-state index in [0.29, 0.717) is 25.2 Å². The van der Waals surface area contributed by atoms with E-state index in [1.54, 1.807) is 0 Å². The first kappa shape index (κ1) is 24.9. The molecule has 186 valence electrons. The van der Waals surface area contributed by atoms with E-state index < -0.39 is 18.3 Å². The van der Waals surface area contributed by atoms with Gasteiger partial charge >= 0.3 is 0 Å². The fraction of sp³-hybridized carbons (Fsp3) is 1.00. The molecule has 6 heteroatoms. The SMILES string of the molecule is CCCCN1C[C@H](O)[C@@H](O)[C@H](O)[C@H]1COCCCCCOCC12CC3CC(CC(C3)C1)C2. The number of β-amino-alcohol motifs (C(OH)–C–C–N with tert-alkyl or cyclic N) is 1. The smallest absolute Gasteiger partial charge is 0.109 e. The van der Waals surface area contributed by atoms with Crippen molar-refractivity contribution in [2.45, 2.75) is 102 Å². The van der Waals surface area contributed by atoms with E-state index in [1.165, 1.54) is 38.5 Å². The lowest BCUT2D eigenvalue weighted by Crippen LogP contribution is -2.62. The Labute approximate surface area is 194 Å². The second kappa shape index (κ2) is 11.5. The van der Waals surface area contributed by atoms with Gasteiger partial charge in [0.15, 0.2) is 0 Å². The van der Waals surface area contributed by atoms with Gasteiger partial charge in [0, 0.05) is 19.8 Å². The number of nitrogens with zero attached hydrogens (tertiary/aromatic N) is 1. The van der Waals surface area contributed by atoms with Crippen molar-refractivity contribution in [3.8, 4) is 0 Å². The van der Waals surface area contributed by atoms with Gasteiger partial charge in [-0.1, -0.05) is 13.3 Å². The van der Waals surface area contributed by atoms with Crippen molar-refractivity contribution in [2.75, 3.05) is 39.5 Å². The summed E-state index contributed by atoms with van der Waals surface area (Å²) in [5.41, 5.74) is 0.514. The lowest BCUT2D eigenvalue weighted by Gasteiger charge is -2.56. The molecule has 0 radical (unpaired) electrons. The average Bonchev–Trinajstić information content (AvgIpc) is 2.75. The molecule has 32 heavy (non-hydrogen) atoms. The van der Waals surface area contributed by atoms with Crippen LogP contribution in [-0.2, 0) is 9.47 Å². The minimum atomic E-state index is -1.09. The number of ether oxygens (including phenoxy) is 2. The molecule has 1 aliphatic heterocycles. The largest absolute Gasteiger partial charge is 0.389 e. The van der Waals surface area contributed by atoms with Crippen LogP contribution in [0.15, 0.2) is 0 Å². The van der Waals surface area contributed by atoms with Gasteiger partial charge in [0.1, 0.15) is 12.2 Å².